The van der Waals surface area contributed by atoms with Gasteiger partial charge in [-0.15, -0.1) is 0 Å². The molecule has 5 heteroatoms. The first kappa shape index (κ1) is 14.1. The minimum Gasteiger partial charge on any atom is -0.461 e. The Balaban J connectivity index is 2.56. The first-order valence-electron chi connectivity index (χ1n) is 6.70. The van der Waals surface area contributed by atoms with E-state index in [1.165, 1.54) is 0 Å². The number of imidazole rings is 1. The molecule has 0 amide bonds. The number of rotatable bonds is 4. The molecule has 1 aromatic carbocycles. The van der Waals surface area contributed by atoms with Crippen molar-refractivity contribution in [3.63, 3.8) is 0 Å². The van der Waals surface area contributed by atoms with Crippen LogP contribution in [0.3, 0.4) is 0 Å². The summed E-state index contributed by atoms with van der Waals surface area (Å²) in [4.78, 5) is 16.1. The van der Waals surface area contributed by atoms with Gasteiger partial charge in [-0.1, -0.05) is 25.1 Å². The van der Waals surface area contributed by atoms with Crippen LogP contribution in [0, 0.1) is 6.92 Å². The van der Waals surface area contributed by atoms with E-state index in [-0.39, 0.29) is 5.69 Å². The molecule has 0 saturated heterocycles. The van der Waals surface area contributed by atoms with Crippen molar-refractivity contribution in [3.8, 4) is 5.69 Å². The summed E-state index contributed by atoms with van der Waals surface area (Å²) >= 11 is 0. The highest BCUT2D eigenvalue weighted by Gasteiger charge is 2.21. The van der Waals surface area contributed by atoms with Gasteiger partial charge in [-0.25, -0.2) is 9.78 Å². The fourth-order valence-corrected chi connectivity index (χ4v) is 2.23. The van der Waals surface area contributed by atoms with Crippen LogP contribution in [-0.4, -0.2) is 22.1 Å². The summed E-state index contributed by atoms with van der Waals surface area (Å²) < 4.78 is 6.77. The summed E-state index contributed by atoms with van der Waals surface area (Å²) in [6, 6.07) is 7.94. The molecule has 1 heterocycles. The molecule has 106 valence electrons. The lowest BCUT2D eigenvalue weighted by molar-refractivity contribution is 0.0521. The number of esters is 1. The van der Waals surface area contributed by atoms with Gasteiger partial charge in [-0.2, -0.15) is 0 Å². The summed E-state index contributed by atoms with van der Waals surface area (Å²) in [5.74, 6) is 0.508. The zero-order valence-electron chi connectivity index (χ0n) is 12.0. The van der Waals surface area contributed by atoms with Crippen LogP contribution in [0.25, 0.3) is 5.69 Å². The third-order valence-electron chi connectivity index (χ3n) is 3.16. The standard InChI is InChI=1S/C15H19N3O2/c1-4-11-8-6-7-9-12(11)18-10(3)17-13(14(18)16)15(19)20-5-2/h6-9H,4-5,16H2,1-3H3. The second kappa shape index (κ2) is 5.77. The normalized spacial score (nSPS) is 10.6. The Kier molecular flexibility index (Phi) is 4.08. The smallest absolute Gasteiger partial charge is 0.360 e. The van der Waals surface area contributed by atoms with Gasteiger partial charge in [0.25, 0.3) is 0 Å². The molecule has 0 radical (unpaired) electrons. The van der Waals surface area contributed by atoms with Gasteiger partial charge in [0.2, 0.25) is 0 Å². The minimum atomic E-state index is -0.485. The van der Waals surface area contributed by atoms with E-state index < -0.39 is 5.97 Å². The van der Waals surface area contributed by atoms with Crippen molar-refractivity contribution in [3.05, 3.63) is 41.3 Å². The highest BCUT2D eigenvalue weighted by atomic mass is 16.5. The second-order valence-corrected chi connectivity index (χ2v) is 4.43. The van der Waals surface area contributed by atoms with Crippen molar-refractivity contribution in [2.24, 2.45) is 0 Å². The number of nitrogen functional groups attached to an aromatic ring is 1. The number of nitrogens with two attached hydrogens (primary N) is 1. The van der Waals surface area contributed by atoms with Crippen LogP contribution in [0.15, 0.2) is 24.3 Å². The zero-order chi connectivity index (χ0) is 14.7. The fourth-order valence-electron chi connectivity index (χ4n) is 2.23. The number of para-hydroxylation sites is 1. The molecular weight excluding hydrogens is 254 g/mol. The predicted octanol–water partition coefficient (Wildman–Crippen LogP) is 2.50. The number of anilines is 1. The Labute approximate surface area is 118 Å². The molecule has 0 aliphatic rings. The van der Waals surface area contributed by atoms with Crippen LogP contribution >= 0.6 is 0 Å². The summed E-state index contributed by atoms with van der Waals surface area (Å²) in [5.41, 5.74) is 8.37. The number of aryl methyl sites for hydroxylation is 2. The van der Waals surface area contributed by atoms with Crippen LogP contribution in [0.5, 0.6) is 0 Å². The summed E-state index contributed by atoms with van der Waals surface area (Å²) in [5, 5.41) is 0. The number of carbonyl (C=O) groups is 1. The molecule has 0 aliphatic carbocycles. The van der Waals surface area contributed by atoms with Crippen molar-refractivity contribution in [2.45, 2.75) is 27.2 Å². The maximum atomic E-state index is 11.8. The average molecular weight is 273 g/mol. The van der Waals surface area contributed by atoms with Gasteiger partial charge >= 0.3 is 5.97 Å². The quantitative estimate of drug-likeness (QED) is 0.869. The maximum Gasteiger partial charge on any atom is 0.360 e. The molecule has 0 aliphatic heterocycles. The highest BCUT2D eigenvalue weighted by Crippen LogP contribution is 2.24. The monoisotopic (exact) mass is 273 g/mol. The zero-order valence-corrected chi connectivity index (χ0v) is 12.0. The number of aromatic nitrogens is 2. The number of carbonyl (C=O) groups excluding carboxylic acids is 1. The third kappa shape index (κ3) is 2.39. The van der Waals surface area contributed by atoms with Crippen molar-refractivity contribution >= 4 is 11.8 Å². The number of ether oxygens (including phenoxy) is 1. The Morgan fingerprint density at radius 2 is 2.05 bits per heavy atom. The van der Waals surface area contributed by atoms with E-state index in [0.29, 0.717) is 18.2 Å². The van der Waals surface area contributed by atoms with E-state index in [9.17, 15) is 4.79 Å². The van der Waals surface area contributed by atoms with Crippen LogP contribution in [-0.2, 0) is 11.2 Å². The Bertz CT molecular complexity index is 632. The Morgan fingerprint density at radius 1 is 1.35 bits per heavy atom. The topological polar surface area (TPSA) is 70.1 Å². The maximum absolute atomic E-state index is 11.8. The summed E-state index contributed by atoms with van der Waals surface area (Å²) in [7, 11) is 0. The molecule has 1 aromatic heterocycles. The summed E-state index contributed by atoms with van der Waals surface area (Å²) in [6.45, 7) is 5.96. The largest absolute Gasteiger partial charge is 0.461 e. The van der Waals surface area contributed by atoms with E-state index in [0.717, 1.165) is 17.7 Å². The van der Waals surface area contributed by atoms with Crippen LogP contribution in [0.1, 0.15) is 35.7 Å². The first-order valence-corrected chi connectivity index (χ1v) is 6.70. The highest BCUT2D eigenvalue weighted by molar-refractivity contribution is 5.92. The third-order valence-corrected chi connectivity index (χ3v) is 3.16. The lowest BCUT2D eigenvalue weighted by atomic mass is 10.1. The van der Waals surface area contributed by atoms with E-state index in [4.69, 9.17) is 10.5 Å². The van der Waals surface area contributed by atoms with Crippen LogP contribution in [0.2, 0.25) is 0 Å². The second-order valence-electron chi connectivity index (χ2n) is 4.43. The predicted molar refractivity (Wildman–Crippen MR) is 78.0 cm³/mol. The van der Waals surface area contributed by atoms with Gasteiger partial charge in [0.1, 0.15) is 11.6 Å². The SMILES string of the molecule is CCOC(=O)c1nc(C)n(-c2ccccc2CC)c1N. The van der Waals surface area contributed by atoms with E-state index in [1.807, 2.05) is 31.2 Å². The van der Waals surface area contributed by atoms with Gasteiger partial charge in [-0.3, -0.25) is 4.57 Å². The van der Waals surface area contributed by atoms with Crippen molar-refractivity contribution in [2.75, 3.05) is 12.3 Å². The molecule has 0 unspecified atom stereocenters. The van der Waals surface area contributed by atoms with Gasteiger partial charge < -0.3 is 10.5 Å². The van der Waals surface area contributed by atoms with Crippen molar-refractivity contribution in [1.29, 1.82) is 0 Å². The lowest BCUT2D eigenvalue weighted by Crippen LogP contribution is -2.10. The first-order chi connectivity index (χ1) is 9.60. The molecule has 20 heavy (non-hydrogen) atoms. The number of nitrogens with zero attached hydrogens (tertiary/aromatic N) is 2. The number of hydrogen-bond acceptors (Lipinski definition) is 4. The van der Waals surface area contributed by atoms with Crippen LogP contribution in [0.4, 0.5) is 5.82 Å². The Hall–Kier alpha value is -2.30. The lowest BCUT2D eigenvalue weighted by Gasteiger charge is -2.12. The molecule has 5 nitrogen and oxygen atoms in total. The molecule has 0 bridgehead atoms. The van der Waals surface area contributed by atoms with Gasteiger partial charge in [0.05, 0.1) is 12.3 Å². The number of benzene rings is 1. The summed E-state index contributed by atoms with van der Waals surface area (Å²) in [6.07, 6.45) is 0.877. The van der Waals surface area contributed by atoms with Crippen molar-refractivity contribution < 1.29 is 9.53 Å². The average Bonchev–Trinajstić information content (AvgIpc) is 2.74. The minimum absolute atomic E-state index is 0.176. The molecule has 2 rings (SSSR count). The molecule has 0 saturated carbocycles. The Morgan fingerprint density at radius 3 is 2.70 bits per heavy atom. The van der Waals surface area contributed by atoms with E-state index in [2.05, 4.69) is 11.9 Å². The molecule has 0 atom stereocenters. The van der Waals surface area contributed by atoms with Gasteiger partial charge in [0, 0.05) is 0 Å². The van der Waals surface area contributed by atoms with E-state index >= 15 is 0 Å². The van der Waals surface area contributed by atoms with Crippen molar-refractivity contribution in [1.82, 2.24) is 9.55 Å². The number of hydrogen-bond donors (Lipinski definition) is 1. The van der Waals surface area contributed by atoms with E-state index in [1.54, 1.807) is 11.5 Å². The molecule has 2 aromatic rings. The molecule has 0 fully saturated rings. The molecule has 0 spiro atoms. The van der Waals surface area contributed by atoms with Crippen LogP contribution < -0.4 is 5.73 Å². The molecular formula is C15H19N3O2. The molecule has 2 N–H and O–H groups in total. The fraction of sp³-hybridized carbons (Fsp3) is 0.333. The van der Waals surface area contributed by atoms with Gasteiger partial charge in [0.15, 0.2) is 5.69 Å². The van der Waals surface area contributed by atoms with Gasteiger partial charge in [-0.05, 0) is 31.9 Å².